The highest BCUT2D eigenvalue weighted by molar-refractivity contribution is 5.88. The van der Waals surface area contributed by atoms with Gasteiger partial charge in [0.2, 0.25) is 17.5 Å². The van der Waals surface area contributed by atoms with Gasteiger partial charge in [-0.05, 0) is 18.2 Å². The molecule has 18 heteroatoms. The van der Waals surface area contributed by atoms with Gasteiger partial charge in [0.25, 0.3) is 0 Å². The number of aromatic hydroxyl groups is 4. The third kappa shape index (κ3) is 5.93. The average Bonchev–Trinajstić information content (AvgIpc) is 2.99. The van der Waals surface area contributed by atoms with Crippen molar-refractivity contribution in [1.82, 2.24) is 0 Å². The monoisotopic (exact) mass is 640 g/mol. The van der Waals surface area contributed by atoms with Crippen LogP contribution in [0.4, 0.5) is 0 Å². The zero-order valence-corrected chi connectivity index (χ0v) is 22.6. The summed E-state index contributed by atoms with van der Waals surface area (Å²) in [6.07, 6.45) is -18.7. The highest BCUT2D eigenvalue weighted by Crippen LogP contribution is 2.38. The summed E-state index contributed by atoms with van der Waals surface area (Å²) in [6.45, 7) is -0.734. The first-order valence-electron chi connectivity index (χ1n) is 13.1. The summed E-state index contributed by atoms with van der Waals surface area (Å²) < 4.78 is 26.9. The summed E-state index contributed by atoms with van der Waals surface area (Å²) >= 11 is 0. The molecule has 0 radical (unpaired) electrons. The van der Waals surface area contributed by atoms with E-state index in [-0.39, 0.29) is 16.9 Å². The van der Waals surface area contributed by atoms with Crippen LogP contribution in [-0.4, -0.2) is 130 Å². The van der Waals surface area contributed by atoms with Crippen molar-refractivity contribution in [3.63, 3.8) is 0 Å². The number of ether oxygens (including phenoxy) is 4. The van der Waals surface area contributed by atoms with E-state index in [0.717, 1.165) is 24.3 Å². The van der Waals surface area contributed by atoms with E-state index in [1.54, 1.807) is 0 Å². The Morgan fingerprint density at radius 2 is 1.42 bits per heavy atom. The number of hydrogen-bond acceptors (Lipinski definition) is 17. The summed E-state index contributed by atoms with van der Waals surface area (Å²) in [5, 5.41) is 110. The summed E-state index contributed by atoms with van der Waals surface area (Å²) in [4.78, 5) is 24.2. The number of phenolic OH excluding ortho intramolecular Hbond substituents is 3. The van der Waals surface area contributed by atoms with E-state index < -0.39 is 114 Å². The molecule has 0 aliphatic carbocycles. The number of hydrogen-bond donors (Lipinski definition) is 11. The van der Waals surface area contributed by atoms with Crippen molar-refractivity contribution in [3.05, 3.63) is 40.6 Å². The van der Waals surface area contributed by atoms with Gasteiger partial charge >= 0.3 is 5.97 Å². The molecule has 0 saturated carbocycles. The fourth-order valence-corrected chi connectivity index (χ4v) is 4.86. The Hall–Kier alpha value is -4.24. The maximum atomic E-state index is 12.8. The standard InChI is InChI=1S/C27H28O18/c28-9-2-1-7(3-10(9)29)23-19(35)16(32)14-11(30)4-8(5-12(14)43-23)42-27-22(38)17(33)15(31)13(44-27)6-41-26-21(37)18(34)20(36)24(45-26)25(39)40/h1-5,13,15,17-18,20-22,24,26-31,33-38H,6H2,(H,39,40). The van der Waals surface area contributed by atoms with Crippen LogP contribution in [-0.2, 0) is 19.0 Å². The van der Waals surface area contributed by atoms with Crippen LogP contribution in [0, 0.1) is 0 Å². The van der Waals surface area contributed by atoms with Gasteiger partial charge in [0.15, 0.2) is 29.7 Å². The molecule has 11 N–H and O–H groups in total. The summed E-state index contributed by atoms with van der Waals surface area (Å²) in [6, 6.07) is 5.26. The van der Waals surface area contributed by atoms with Crippen molar-refractivity contribution in [2.24, 2.45) is 0 Å². The molecule has 5 rings (SSSR count). The van der Waals surface area contributed by atoms with Crippen LogP contribution in [0.3, 0.4) is 0 Å². The molecule has 2 aliphatic rings. The molecule has 10 unspecified atom stereocenters. The number of fused-ring (bicyclic) bond motifs is 1. The maximum absolute atomic E-state index is 12.8. The number of aliphatic carboxylic acids is 1. The second kappa shape index (κ2) is 12.3. The minimum absolute atomic E-state index is 0.0256. The molecule has 1 aromatic heterocycles. The third-order valence-electron chi connectivity index (χ3n) is 7.32. The van der Waals surface area contributed by atoms with E-state index in [2.05, 4.69) is 0 Å². The Balaban J connectivity index is 1.38. The first-order valence-corrected chi connectivity index (χ1v) is 13.1. The van der Waals surface area contributed by atoms with Gasteiger partial charge in [-0.15, -0.1) is 0 Å². The zero-order chi connectivity index (χ0) is 32.9. The Bertz CT molecular complexity index is 1640. The second-order valence-corrected chi connectivity index (χ2v) is 10.3. The molecule has 0 spiro atoms. The molecule has 45 heavy (non-hydrogen) atoms. The SMILES string of the molecule is O=C(O)C1OC(OCC2OC(Oc3cc(O)c4c(=O)c(O)c(-c5ccc(O)c(O)c5)oc4c3)C(O)C(O)C2O)C(O)C(O)C1O. The first-order chi connectivity index (χ1) is 21.2. The highest BCUT2D eigenvalue weighted by atomic mass is 16.7. The molecule has 18 nitrogen and oxygen atoms in total. The predicted molar refractivity (Wildman–Crippen MR) is 142 cm³/mol. The van der Waals surface area contributed by atoms with Crippen molar-refractivity contribution >= 4 is 16.9 Å². The van der Waals surface area contributed by atoms with Crippen molar-refractivity contribution in [2.75, 3.05) is 6.61 Å². The van der Waals surface area contributed by atoms with E-state index >= 15 is 0 Å². The van der Waals surface area contributed by atoms with Gasteiger partial charge in [0.1, 0.15) is 65.2 Å². The molecule has 2 saturated heterocycles. The second-order valence-electron chi connectivity index (χ2n) is 10.3. The van der Waals surface area contributed by atoms with Crippen molar-refractivity contribution < 1.29 is 84.3 Å². The molecule has 3 aromatic rings. The lowest BCUT2D eigenvalue weighted by molar-refractivity contribution is -0.318. The van der Waals surface area contributed by atoms with Gasteiger partial charge in [-0.3, -0.25) is 4.79 Å². The van der Waals surface area contributed by atoms with Gasteiger partial charge in [0.05, 0.1) is 6.61 Å². The number of aliphatic hydroxyl groups excluding tert-OH is 6. The number of benzene rings is 2. The number of phenols is 3. The normalized spacial score (nSPS) is 32.0. The van der Waals surface area contributed by atoms with Crippen LogP contribution in [0.25, 0.3) is 22.3 Å². The quantitative estimate of drug-likeness (QED) is 0.118. The minimum atomic E-state index is -1.99. The van der Waals surface area contributed by atoms with Gasteiger partial charge in [-0.25, -0.2) is 4.79 Å². The lowest BCUT2D eigenvalue weighted by Gasteiger charge is -2.42. The Morgan fingerprint density at radius 1 is 0.756 bits per heavy atom. The minimum Gasteiger partial charge on any atom is -0.507 e. The zero-order valence-electron chi connectivity index (χ0n) is 22.6. The maximum Gasteiger partial charge on any atom is 0.335 e. The number of aliphatic hydroxyl groups is 6. The Kier molecular flexibility index (Phi) is 8.77. The molecular weight excluding hydrogens is 612 g/mol. The highest BCUT2D eigenvalue weighted by Gasteiger charge is 2.49. The molecule has 0 amide bonds. The van der Waals surface area contributed by atoms with Gasteiger partial charge < -0.3 is 79.5 Å². The van der Waals surface area contributed by atoms with Gasteiger partial charge in [-0.2, -0.15) is 0 Å². The number of carbonyl (C=O) groups is 1. The van der Waals surface area contributed by atoms with Crippen molar-refractivity contribution in [2.45, 2.75) is 61.4 Å². The fourth-order valence-electron chi connectivity index (χ4n) is 4.86. The van der Waals surface area contributed by atoms with E-state index in [9.17, 15) is 65.8 Å². The van der Waals surface area contributed by atoms with Crippen LogP contribution in [0.5, 0.6) is 28.7 Å². The summed E-state index contributed by atoms with van der Waals surface area (Å²) in [5.41, 5.74) is -1.44. The smallest absolute Gasteiger partial charge is 0.335 e. The molecule has 0 bridgehead atoms. The molecule has 2 aromatic carbocycles. The Labute approximate surface area is 250 Å². The fraction of sp³-hybridized carbons (Fsp3) is 0.407. The van der Waals surface area contributed by atoms with Crippen LogP contribution >= 0.6 is 0 Å². The predicted octanol–water partition coefficient (Wildman–Crippen LogP) is -2.62. The molecule has 2 fully saturated rings. The van der Waals surface area contributed by atoms with Crippen LogP contribution < -0.4 is 10.2 Å². The summed E-state index contributed by atoms with van der Waals surface area (Å²) in [7, 11) is 0. The molecule has 244 valence electrons. The van der Waals surface area contributed by atoms with Crippen LogP contribution in [0.1, 0.15) is 0 Å². The van der Waals surface area contributed by atoms with Crippen molar-refractivity contribution in [3.8, 4) is 40.1 Å². The lowest BCUT2D eigenvalue weighted by Crippen LogP contribution is -2.62. The lowest BCUT2D eigenvalue weighted by atomic mass is 9.98. The van der Waals surface area contributed by atoms with Crippen LogP contribution in [0.2, 0.25) is 0 Å². The van der Waals surface area contributed by atoms with E-state index in [1.807, 2.05) is 0 Å². The van der Waals surface area contributed by atoms with E-state index in [1.165, 1.54) is 6.07 Å². The molecule has 10 atom stereocenters. The van der Waals surface area contributed by atoms with Gasteiger partial charge in [-0.1, -0.05) is 0 Å². The average molecular weight is 641 g/mol. The van der Waals surface area contributed by atoms with Crippen LogP contribution in [0.15, 0.2) is 39.5 Å². The van der Waals surface area contributed by atoms with Gasteiger partial charge in [0, 0.05) is 17.7 Å². The first kappa shape index (κ1) is 32.2. The topological polar surface area (TPSA) is 307 Å². The van der Waals surface area contributed by atoms with E-state index in [0.29, 0.717) is 0 Å². The molecule has 2 aliphatic heterocycles. The largest absolute Gasteiger partial charge is 0.507 e. The number of rotatable bonds is 7. The summed E-state index contributed by atoms with van der Waals surface area (Å²) in [5.74, 6) is -5.16. The molecule has 3 heterocycles. The Morgan fingerprint density at radius 3 is 2.09 bits per heavy atom. The van der Waals surface area contributed by atoms with E-state index in [4.69, 9.17) is 23.4 Å². The van der Waals surface area contributed by atoms with Crippen molar-refractivity contribution in [1.29, 1.82) is 0 Å². The third-order valence-corrected chi connectivity index (χ3v) is 7.32. The molecular formula is C27H28O18. The number of carboxylic acids is 1. The number of carboxylic acid groups (broad SMARTS) is 1.